The number of H-pyrrole nitrogens is 1. The molecule has 176 valence electrons. The Balaban J connectivity index is 1.27. The lowest BCUT2D eigenvalue weighted by molar-refractivity contribution is -0.121. The van der Waals surface area contributed by atoms with Crippen LogP contribution < -0.4 is 10.6 Å². The molecule has 3 amide bonds. The van der Waals surface area contributed by atoms with E-state index in [4.69, 9.17) is 0 Å². The van der Waals surface area contributed by atoms with E-state index in [1.54, 1.807) is 0 Å². The van der Waals surface area contributed by atoms with Gasteiger partial charge in [-0.3, -0.25) is 9.59 Å². The summed E-state index contributed by atoms with van der Waals surface area (Å²) in [6, 6.07) is 11.4. The van der Waals surface area contributed by atoms with Crippen LogP contribution in [-0.4, -0.2) is 57.0 Å². The molecule has 0 radical (unpaired) electrons. The quantitative estimate of drug-likeness (QED) is 0.448. The van der Waals surface area contributed by atoms with Crippen molar-refractivity contribution >= 4 is 34.8 Å². The van der Waals surface area contributed by atoms with Gasteiger partial charge in [0.25, 0.3) is 0 Å². The Hall–Kier alpha value is -3.88. The molecule has 1 aromatic carbocycles. The Bertz CT molecular complexity index is 1230. The van der Waals surface area contributed by atoms with Gasteiger partial charge in [0.05, 0.1) is 6.42 Å². The van der Waals surface area contributed by atoms with Crippen LogP contribution in [0.4, 0.5) is 10.6 Å². The zero-order valence-corrected chi connectivity index (χ0v) is 18.7. The molecule has 9 nitrogen and oxygen atoms in total. The molecule has 2 aliphatic rings. The standard InChI is InChI=1S/C25H27N5O4/c31-22(27-18-2-1-11-30(14-18)25(33)34)12-15-3-5-16(6-4-15)20-13-21(29-24(32)17-7-8-17)28-23-19(20)9-10-26-23/h3-6,9-10,13,17-18H,1-2,7-8,11-12,14H2,(H,27,31)(H,33,34)(H2,26,28,29,32). The highest BCUT2D eigenvalue weighted by molar-refractivity contribution is 5.99. The summed E-state index contributed by atoms with van der Waals surface area (Å²) in [7, 11) is 0. The summed E-state index contributed by atoms with van der Waals surface area (Å²) >= 11 is 0. The molecule has 1 unspecified atom stereocenters. The fourth-order valence-electron chi connectivity index (χ4n) is 4.45. The maximum atomic E-state index is 12.5. The van der Waals surface area contributed by atoms with Crippen molar-refractivity contribution in [1.29, 1.82) is 0 Å². The molecule has 2 aromatic heterocycles. The summed E-state index contributed by atoms with van der Waals surface area (Å²) < 4.78 is 0. The van der Waals surface area contributed by atoms with Crippen LogP contribution in [0.15, 0.2) is 42.6 Å². The summed E-state index contributed by atoms with van der Waals surface area (Å²) in [6.07, 6.45) is 4.48. The number of likely N-dealkylation sites (tertiary alicyclic amines) is 1. The van der Waals surface area contributed by atoms with Crippen molar-refractivity contribution in [2.75, 3.05) is 18.4 Å². The molecule has 4 N–H and O–H groups in total. The number of amides is 3. The van der Waals surface area contributed by atoms with Crippen molar-refractivity contribution in [1.82, 2.24) is 20.2 Å². The average Bonchev–Trinajstić information content (AvgIpc) is 3.57. The third kappa shape index (κ3) is 4.88. The van der Waals surface area contributed by atoms with E-state index in [0.717, 1.165) is 47.8 Å². The predicted molar refractivity (Wildman–Crippen MR) is 127 cm³/mol. The summed E-state index contributed by atoms with van der Waals surface area (Å²) in [4.78, 5) is 44.9. The second-order valence-corrected chi connectivity index (χ2v) is 9.07. The Morgan fingerprint density at radius 3 is 2.65 bits per heavy atom. The monoisotopic (exact) mass is 461 g/mol. The van der Waals surface area contributed by atoms with Crippen molar-refractivity contribution in [3.05, 3.63) is 48.2 Å². The lowest BCUT2D eigenvalue weighted by Gasteiger charge is -2.31. The highest BCUT2D eigenvalue weighted by Gasteiger charge is 2.30. The smallest absolute Gasteiger partial charge is 0.407 e. The molecule has 34 heavy (non-hydrogen) atoms. The first-order valence-corrected chi connectivity index (χ1v) is 11.6. The van der Waals surface area contributed by atoms with E-state index in [0.29, 0.717) is 24.6 Å². The number of pyridine rings is 1. The Labute approximate surface area is 196 Å². The number of hydrogen-bond acceptors (Lipinski definition) is 4. The molecule has 3 heterocycles. The van der Waals surface area contributed by atoms with Gasteiger partial charge in [-0.05, 0) is 54.5 Å². The number of benzene rings is 1. The van der Waals surface area contributed by atoms with Gasteiger partial charge < -0.3 is 25.6 Å². The van der Waals surface area contributed by atoms with Gasteiger partial charge in [0, 0.05) is 36.6 Å². The summed E-state index contributed by atoms with van der Waals surface area (Å²) in [6.45, 7) is 0.840. The molecule has 1 saturated heterocycles. The largest absolute Gasteiger partial charge is 0.465 e. The number of anilines is 1. The Morgan fingerprint density at radius 1 is 1.12 bits per heavy atom. The number of nitrogens with zero attached hydrogens (tertiary/aromatic N) is 2. The topological polar surface area (TPSA) is 127 Å². The van der Waals surface area contributed by atoms with Gasteiger partial charge in [-0.25, -0.2) is 9.78 Å². The van der Waals surface area contributed by atoms with Gasteiger partial charge in [-0.2, -0.15) is 0 Å². The number of carbonyl (C=O) groups excluding carboxylic acids is 2. The van der Waals surface area contributed by atoms with E-state index < -0.39 is 6.09 Å². The number of hydrogen-bond donors (Lipinski definition) is 4. The van der Waals surface area contributed by atoms with Gasteiger partial charge in [-0.15, -0.1) is 0 Å². The van der Waals surface area contributed by atoms with Gasteiger partial charge in [0.2, 0.25) is 11.8 Å². The fourth-order valence-corrected chi connectivity index (χ4v) is 4.45. The molecule has 1 aliphatic carbocycles. The molecular weight excluding hydrogens is 434 g/mol. The summed E-state index contributed by atoms with van der Waals surface area (Å²) in [5.41, 5.74) is 3.48. The van der Waals surface area contributed by atoms with E-state index in [1.165, 1.54) is 4.90 Å². The second-order valence-electron chi connectivity index (χ2n) is 9.07. The minimum atomic E-state index is -0.947. The molecule has 9 heteroatoms. The van der Waals surface area contributed by atoms with Crippen molar-refractivity contribution in [2.45, 2.75) is 38.1 Å². The van der Waals surface area contributed by atoms with Gasteiger partial charge in [0.15, 0.2) is 0 Å². The predicted octanol–water partition coefficient (Wildman–Crippen LogP) is 3.38. The van der Waals surface area contributed by atoms with Gasteiger partial charge in [0.1, 0.15) is 11.5 Å². The van der Waals surface area contributed by atoms with E-state index in [2.05, 4.69) is 20.6 Å². The van der Waals surface area contributed by atoms with E-state index in [9.17, 15) is 19.5 Å². The lowest BCUT2D eigenvalue weighted by atomic mass is 10.0. The zero-order valence-electron chi connectivity index (χ0n) is 18.7. The minimum Gasteiger partial charge on any atom is -0.465 e. The number of piperidine rings is 1. The van der Waals surface area contributed by atoms with Crippen molar-refractivity contribution in [3.63, 3.8) is 0 Å². The summed E-state index contributed by atoms with van der Waals surface area (Å²) in [5, 5.41) is 16.0. The van der Waals surface area contributed by atoms with Crippen molar-refractivity contribution in [2.24, 2.45) is 5.92 Å². The van der Waals surface area contributed by atoms with Crippen molar-refractivity contribution < 1.29 is 19.5 Å². The average molecular weight is 462 g/mol. The number of carboxylic acid groups (broad SMARTS) is 1. The molecule has 1 saturated carbocycles. The number of nitrogens with one attached hydrogen (secondary N) is 3. The molecule has 0 spiro atoms. The van der Waals surface area contributed by atoms with Crippen LogP contribution in [0.3, 0.4) is 0 Å². The molecule has 3 aromatic rings. The van der Waals surface area contributed by atoms with Crippen LogP contribution in [0.2, 0.25) is 0 Å². The van der Waals surface area contributed by atoms with Crippen LogP contribution >= 0.6 is 0 Å². The lowest BCUT2D eigenvalue weighted by Crippen LogP contribution is -2.49. The molecule has 0 bridgehead atoms. The van der Waals surface area contributed by atoms with Gasteiger partial charge in [-0.1, -0.05) is 24.3 Å². The van der Waals surface area contributed by atoms with Gasteiger partial charge >= 0.3 is 6.09 Å². The first kappa shape index (κ1) is 21.9. The first-order chi connectivity index (χ1) is 16.5. The van der Waals surface area contributed by atoms with Crippen LogP contribution in [0.5, 0.6) is 0 Å². The third-order valence-corrected chi connectivity index (χ3v) is 6.41. The number of carbonyl (C=O) groups is 3. The maximum absolute atomic E-state index is 12.5. The highest BCUT2D eigenvalue weighted by Crippen LogP contribution is 2.33. The molecule has 2 fully saturated rings. The Morgan fingerprint density at radius 2 is 1.91 bits per heavy atom. The van der Waals surface area contributed by atoms with Crippen LogP contribution in [0.1, 0.15) is 31.2 Å². The fraction of sp³-hybridized carbons (Fsp3) is 0.360. The van der Waals surface area contributed by atoms with E-state index in [1.807, 2.05) is 42.6 Å². The number of fused-ring (bicyclic) bond motifs is 1. The third-order valence-electron chi connectivity index (χ3n) is 6.41. The SMILES string of the molecule is O=C(Cc1ccc(-c2cc(NC(=O)C3CC3)nc3[nH]ccc23)cc1)NC1CCCN(C(=O)O)C1. The van der Waals surface area contributed by atoms with E-state index in [-0.39, 0.29) is 30.2 Å². The number of rotatable bonds is 6. The van der Waals surface area contributed by atoms with Crippen molar-refractivity contribution in [3.8, 4) is 11.1 Å². The van der Waals surface area contributed by atoms with Crippen LogP contribution in [-0.2, 0) is 16.0 Å². The number of aromatic nitrogens is 2. The Kier molecular flexibility index (Phi) is 5.91. The minimum absolute atomic E-state index is 0.00941. The molecular formula is C25H27N5O4. The highest BCUT2D eigenvalue weighted by atomic mass is 16.4. The molecule has 1 atom stereocenters. The summed E-state index contributed by atoms with van der Waals surface area (Å²) in [5.74, 6) is 0.506. The second kappa shape index (κ2) is 9.17. The zero-order chi connectivity index (χ0) is 23.7. The maximum Gasteiger partial charge on any atom is 0.407 e. The first-order valence-electron chi connectivity index (χ1n) is 11.6. The normalized spacial score (nSPS) is 18.0. The number of aromatic amines is 1. The molecule has 1 aliphatic heterocycles. The van der Waals surface area contributed by atoms with E-state index >= 15 is 0 Å². The molecule has 5 rings (SSSR count). The van der Waals surface area contributed by atoms with Crippen LogP contribution in [0, 0.1) is 5.92 Å². The van der Waals surface area contributed by atoms with Crippen LogP contribution in [0.25, 0.3) is 22.2 Å².